The van der Waals surface area contributed by atoms with E-state index in [1.54, 1.807) is 6.20 Å². The molecule has 0 aliphatic carbocycles. The van der Waals surface area contributed by atoms with Crippen molar-refractivity contribution in [3.8, 4) is 11.5 Å². The number of nitrogens with zero attached hydrogens (tertiary/aromatic N) is 2. The van der Waals surface area contributed by atoms with Gasteiger partial charge in [-0.15, -0.1) is 0 Å². The maximum Gasteiger partial charge on any atom is 0.231 e. The summed E-state index contributed by atoms with van der Waals surface area (Å²) in [6.45, 7) is 3.38. The highest BCUT2D eigenvalue weighted by Crippen LogP contribution is 2.37. The van der Waals surface area contributed by atoms with Crippen molar-refractivity contribution in [1.82, 2.24) is 10.2 Å². The number of aromatic nitrogens is 2. The summed E-state index contributed by atoms with van der Waals surface area (Å²) in [4.78, 5) is 0. The summed E-state index contributed by atoms with van der Waals surface area (Å²) in [5, 5.41) is 12.5. The number of benzene rings is 1. The van der Waals surface area contributed by atoms with Crippen LogP contribution >= 0.6 is 0 Å². The van der Waals surface area contributed by atoms with E-state index < -0.39 is 0 Å². The van der Waals surface area contributed by atoms with Crippen LogP contribution in [0.5, 0.6) is 11.5 Å². The molecule has 1 aromatic carbocycles. The number of ether oxygens (including phenoxy) is 2. The summed E-state index contributed by atoms with van der Waals surface area (Å²) in [7, 11) is 0. The van der Waals surface area contributed by atoms with Crippen molar-refractivity contribution in [3.05, 3.63) is 18.3 Å². The fourth-order valence-electron chi connectivity index (χ4n) is 1.99. The van der Waals surface area contributed by atoms with Gasteiger partial charge in [0.05, 0.1) is 17.4 Å². The van der Waals surface area contributed by atoms with Crippen molar-refractivity contribution >= 4 is 16.6 Å². The minimum Gasteiger partial charge on any atom is -0.454 e. The Kier molecular flexibility index (Phi) is 2.88. The molecule has 0 radical (unpaired) electrons. The van der Waals surface area contributed by atoms with Gasteiger partial charge in [-0.05, 0) is 12.5 Å². The Morgan fingerprint density at radius 3 is 2.94 bits per heavy atom. The molecule has 18 heavy (non-hydrogen) atoms. The maximum atomic E-state index is 5.39. The van der Waals surface area contributed by atoms with E-state index in [-0.39, 0.29) is 6.79 Å². The molecular formula is C13H15N3O2. The maximum absolute atomic E-state index is 5.39. The normalized spacial score (nSPS) is 12.9. The summed E-state index contributed by atoms with van der Waals surface area (Å²) in [6.07, 6.45) is 4.05. The molecule has 1 aromatic heterocycles. The van der Waals surface area contributed by atoms with Gasteiger partial charge in [0, 0.05) is 18.0 Å². The number of unbranched alkanes of at least 4 members (excludes halogenated alkanes) is 1. The van der Waals surface area contributed by atoms with Crippen LogP contribution in [-0.2, 0) is 0 Å². The largest absolute Gasteiger partial charge is 0.454 e. The van der Waals surface area contributed by atoms with Gasteiger partial charge in [0.15, 0.2) is 11.5 Å². The summed E-state index contributed by atoms with van der Waals surface area (Å²) in [5.41, 5.74) is 1.81. The van der Waals surface area contributed by atoms with E-state index in [2.05, 4.69) is 22.4 Å². The number of nitrogens with one attached hydrogen (secondary N) is 1. The zero-order valence-electron chi connectivity index (χ0n) is 10.3. The lowest BCUT2D eigenvalue weighted by atomic mass is 10.2. The average molecular weight is 245 g/mol. The first-order valence-electron chi connectivity index (χ1n) is 6.17. The minimum atomic E-state index is 0.275. The third-order valence-electron chi connectivity index (χ3n) is 2.98. The van der Waals surface area contributed by atoms with Crippen molar-refractivity contribution in [1.29, 1.82) is 0 Å². The van der Waals surface area contributed by atoms with Crippen LogP contribution in [0.4, 0.5) is 5.69 Å². The van der Waals surface area contributed by atoms with Crippen molar-refractivity contribution < 1.29 is 9.47 Å². The van der Waals surface area contributed by atoms with Gasteiger partial charge < -0.3 is 14.8 Å². The van der Waals surface area contributed by atoms with Gasteiger partial charge >= 0.3 is 0 Å². The molecule has 0 spiro atoms. The molecule has 0 saturated heterocycles. The van der Waals surface area contributed by atoms with Crippen molar-refractivity contribution in [3.63, 3.8) is 0 Å². The minimum absolute atomic E-state index is 0.275. The lowest BCUT2D eigenvalue weighted by molar-refractivity contribution is 0.174. The second kappa shape index (κ2) is 4.68. The van der Waals surface area contributed by atoms with E-state index in [1.807, 2.05) is 12.1 Å². The van der Waals surface area contributed by atoms with E-state index in [0.29, 0.717) is 0 Å². The van der Waals surface area contributed by atoms with Gasteiger partial charge in [0.1, 0.15) is 0 Å². The Labute approximate surface area is 105 Å². The highest BCUT2D eigenvalue weighted by molar-refractivity contribution is 5.92. The molecular weight excluding hydrogens is 230 g/mol. The first kappa shape index (κ1) is 11.1. The second-order valence-electron chi connectivity index (χ2n) is 4.26. The van der Waals surface area contributed by atoms with Gasteiger partial charge in [-0.1, -0.05) is 13.3 Å². The van der Waals surface area contributed by atoms with Crippen molar-refractivity contribution in [2.24, 2.45) is 0 Å². The van der Waals surface area contributed by atoms with E-state index in [0.717, 1.165) is 47.5 Å². The Morgan fingerprint density at radius 1 is 1.28 bits per heavy atom. The monoisotopic (exact) mass is 245 g/mol. The van der Waals surface area contributed by atoms with Crippen LogP contribution in [0.1, 0.15) is 19.8 Å². The number of hydrogen-bond acceptors (Lipinski definition) is 5. The lowest BCUT2D eigenvalue weighted by Gasteiger charge is -2.08. The molecule has 0 unspecified atom stereocenters. The molecule has 1 aliphatic rings. The number of rotatable bonds is 4. The van der Waals surface area contributed by atoms with Crippen LogP contribution in [0, 0.1) is 0 Å². The Hall–Kier alpha value is -2.04. The lowest BCUT2D eigenvalue weighted by Crippen LogP contribution is -2.02. The van der Waals surface area contributed by atoms with E-state index >= 15 is 0 Å². The molecule has 5 heteroatoms. The third kappa shape index (κ3) is 1.92. The van der Waals surface area contributed by atoms with E-state index in [4.69, 9.17) is 9.47 Å². The topological polar surface area (TPSA) is 56.3 Å². The summed E-state index contributed by atoms with van der Waals surface area (Å²) in [5.74, 6) is 1.51. The standard InChI is InChI=1S/C13H15N3O2/c1-2-3-4-14-11-7-15-16-10-6-13-12(5-9(10)11)17-8-18-13/h5-7H,2-4,8H2,1H3,(H,14,16). The third-order valence-corrected chi connectivity index (χ3v) is 2.98. The van der Waals surface area contributed by atoms with Crippen LogP contribution in [-0.4, -0.2) is 23.5 Å². The highest BCUT2D eigenvalue weighted by atomic mass is 16.7. The van der Waals surface area contributed by atoms with Gasteiger partial charge in [0.25, 0.3) is 0 Å². The fraction of sp³-hybridized carbons (Fsp3) is 0.385. The quantitative estimate of drug-likeness (QED) is 0.839. The van der Waals surface area contributed by atoms with Gasteiger partial charge in [-0.3, -0.25) is 0 Å². The average Bonchev–Trinajstić information content (AvgIpc) is 2.84. The zero-order chi connectivity index (χ0) is 12.4. The summed E-state index contributed by atoms with van der Waals surface area (Å²) < 4.78 is 10.7. The molecule has 3 rings (SSSR count). The van der Waals surface area contributed by atoms with Gasteiger partial charge in [-0.25, -0.2) is 0 Å². The van der Waals surface area contributed by atoms with Crippen LogP contribution in [0.2, 0.25) is 0 Å². The molecule has 5 nitrogen and oxygen atoms in total. The van der Waals surface area contributed by atoms with E-state index in [9.17, 15) is 0 Å². The SMILES string of the molecule is CCCCNc1cnnc2cc3c(cc12)OCO3. The molecule has 0 amide bonds. The Bertz CT molecular complexity index is 571. The van der Waals surface area contributed by atoms with Crippen LogP contribution < -0.4 is 14.8 Å². The van der Waals surface area contributed by atoms with Crippen LogP contribution in [0.15, 0.2) is 18.3 Å². The smallest absolute Gasteiger partial charge is 0.231 e. The predicted octanol–water partition coefficient (Wildman–Crippen LogP) is 2.57. The second-order valence-corrected chi connectivity index (χ2v) is 4.26. The molecule has 2 aromatic rings. The zero-order valence-corrected chi connectivity index (χ0v) is 10.3. The number of anilines is 1. The molecule has 2 heterocycles. The summed E-state index contributed by atoms with van der Waals surface area (Å²) >= 11 is 0. The molecule has 1 N–H and O–H groups in total. The van der Waals surface area contributed by atoms with Crippen LogP contribution in [0.25, 0.3) is 10.9 Å². The van der Waals surface area contributed by atoms with E-state index in [1.165, 1.54) is 0 Å². The molecule has 1 aliphatic heterocycles. The summed E-state index contributed by atoms with van der Waals surface area (Å²) in [6, 6.07) is 3.83. The Morgan fingerprint density at radius 2 is 2.11 bits per heavy atom. The van der Waals surface area contributed by atoms with Crippen molar-refractivity contribution in [2.45, 2.75) is 19.8 Å². The first-order valence-corrected chi connectivity index (χ1v) is 6.17. The molecule has 0 atom stereocenters. The predicted molar refractivity (Wildman–Crippen MR) is 69.1 cm³/mol. The number of hydrogen-bond donors (Lipinski definition) is 1. The van der Waals surface area contributed by atoms with Crippen LogP contribution in [0.3, 0.4) is 0 Å². The molecule has 94 valence electrons. The fourth-order valence-corrected chi connectivity index (χ4v) is 1.99. The number of fused-ring (bicyclic) bond motifs is 2. The first-order chi connectivity index (χ1) is 8.88. The molecule has 0 fully saturated rings. The molecule has 0 bridgehead atoms. The van der Waals surface area contributed by atoms with Crippen molar-refractivity contribution in [2.75, 3.05) is 18.7 Å². The highest BCUT2D eigenvalue weighted by Gasteiger charge is 2.16. The van der Waals surface area contributed by atoms with Gasteiger partial charge in [0.2, 0.25) is 6.79 Å². The Balaban J connectivity index is 1.99. The van der Waals surface area contributed by atoms with Gasteiger partial charge in [-0.2, -0.15) is 10.2 Å². The molecule has 0 saturated carbocycles.